The summed E-state index contributed by atoms with van der Waals surface area (Å²) in [6.45, 7) is 8.72. The third-order valence-corrected chi connectivity index (χ3v) is 3.86. The van der Waals surface area contributed by atoms with Crippen LogP contribution in [-0.2, 0) is 5.41 Å². The SMILES string of the molecule is CCNC(CC(F)(F)F)c1ccc(C(C)(C)CC)cc1. The molecule has 1 atom stereocenters. The van der Waals surface area contributed by atoms with E-state index in [-0.39, 0.29) is 5.41 Å². The zero-order valence-electron chi connectivity index (χ0n) is 12.6. The van der Waals surface area contributed by atoms with Gasteiger partial charge in [-0.25, -0.2) is 0 Å². The van der Waals surface area contributed by atoms with Crippen molar-refractivity contribution in [3.8, 4) is 0 Å². The standard InChI is InChI=1S/C16H24F3N/c1-5-15(3,4)13-9-7-12(8-10-13)14(20-6-2)11-16(17,18)19/h7-10,14,20H,5-6,11H2,1-4H3. The van der Waals surface area contributed by atoms with E-state index in [0.717, 1.165) is 12.0 Å². The maximum Gasteiger partial charge on any atom is 0.390 e. The second-order valence-corrected chi connectivity index (χ2v) is 5.79. The summed E-state index contributed by atoms with van der Waals surface area (Å²) in [5, 5.41) is 2.91. The molecule has 4 heteroatoms. The molecule has 0 aromatic heterocycles. The Bertz CT molecular complexity index is 407. The van der Waals surface area contributed by atoms with Gasteiger partial charge in [0, 0.05) is 6.04 Å². The van der Waals surface area contributed by atoms with Crippen molar-refractivity contribution in [3.05, 3.63) is 35.4 Å². The van der Waals surface area contributed by atoms with Crippen molar-refractivity contribution >= 4 is 0 Å². The summed E-state index contributed by atoms with van der Waals surface area (Å²) in [6, 6.07) is 6.84. The smallest absolute Gasteiger partial charge is 0.310 e. The molecule has 0 radical (unpaired) electrons. The summed E-state index contributed by atoms with van der Waals surface area (Å²) in [6.07, 6.45) is -4.00. The first-order chi connectivity index (χ1) is 9.19. The highest BCUT2D eigenvalue weighted by atomic mass is 19.4. The van der Waals surface area contributed by atoms with Gasteiger partial charge in [0.25, 0.3) is 0 Å². The summed E-state index contributed by atoms with van der Waals surface area (Å²) in [5.74, 6) is 0. The molecule has 20 heavy (non-hydrogen) atoms. The molecule has 0 fully saturated rings. The first-order valence-corrected chi connectivity index (χ1v) is 7.10. The fourth-order valence-corrected chi connectivity index (χ4v) is 2.16. The predicted octanol–water partition coefficient (Wildman–Crippen LogP) is 4.98. The molecule has 1 aromatic rings. The minimum Gasteiger partial charge on any atom is -0.310 e. The molecule has 114 valence electrons. The van der Waals surface area contributed by atoms with E-state index in [9.17, 15) is 13.2 Å². The molecule has 0 saturated heterocycles. The van der Waals surface area contributed by atoms with Gasteiger partial charge in [-0.2, -0.15) is 13.2 Å². The van der Waals surface area contributed by atoms with E-state index in [1.165, 1.54) is 0 Å². The molecule has 1 nitrogen and oxygen atoms in total. The van der Waals surface area contributed by atoms with Crippen LogP contribution in [0.4, 0.5) is 13.2 Å². The van der Waals surface area contributed by atoms with Crippen LogP contribution >= 0.6 is 0 Å². The highest BCUT2D eigenvalue weighted by Gasteiger charge is 2.32. The number of alkyl halides is 3. The molecule has 0 aliphatic rings. The Morgan fingerprint density at radius 3 is 2.00 bits per heavy atom. The van der Waals surface area contributed by atoms with Gasteiger partial charge in [0.05, 0.1) is 6.42 Å². The zero-order valence-corrected chi connectivity index (χ0v) is 12.6. The van der Waals surface area contributed by atoms with Gasteiger partial charge in [-0.1, -0.05) is 52.0 Å². The molecule has 0 aliphatic heterocycles. The van der Waals surface area contributed by atoms with Crippen LogP contribution in [0, 0.1) is 0 Å². The lowest BCUT2D eigenvalue weighted by Crippen LogP contribution is -2.26. The molecular weight excluding hydrogens is 263 g/mol. The van der Waals surface area contributed by atoms with Crippen molar-refractivity contribution in [1.82, 2.24) is 5.32 Å². The Balaban J connectivity index is 2.93. The summed E-state index contributed by atoms with van der Waals surface area (Å²) in [4.78, 5) is 0. The van der Waals surface area contributed by atoms with Crippen LogP contribution in [0.15, 0.2) is 24.3 Å². The quantitative estimate of drug-likeness (QED) is 0.778. The van der Waals surface area contributed by atoms with E-state index in [4.69, 9.17) is 0 Å². The van der Waals surface area contributed by atoms with E-state index >= 15 is 0 Å². The topological polar surface area (TPSA) is 12.0 Å². The Morgan fingerprint density at radius 2 is 1.60 bits per heavy atom. The number of benzene rings is 1. The van der Waals surface area contributed by atoms with Crippen molar-refractivity contribution in [2.75, 3.05) is 6.54 Å². The molecule has 0 aliphatic carbocycles. The third-order valence-electron chi connectivity index (χ3n) is 3.86. The van der Waals surface area contributed by atoms with Crippen LogP contribution in [0.2, 0.25) is 0 Å². The van der Waals surface area contributed by atoms with Gasteiger partial charge in [0.2, 0.25) is 0 Å². The van der Waals surface area contributed by atoms with Crippen molar-refractivity contribution in [3.63, 3.8) is 0 Å². The normalized spacial score (nSPS) is 14.3. The fourth-order valence-electron chi connectivity index (χ4n) is 2.16. The fraction of sp³-hybridized carbons (Fsp3) is 0.625. The Kier molecular flexibility index (Phi) is 5.63. The molecule has 1 aromatic carbocycles. The highest BCUT2D eigenvalue weighted by Crippen LogP contribution is 2.32. The van der Waals surface area contributed by atoms with Gasteiger partial charge in [0.15, 0.2) is 0 Å². The number of nitrogens with one attached hydrogen (secondary N) is 1. The van der Waals surface area contributed by atoms with Gasteiger partial charge in [-0.05, 0) is 29.5 Å². The maximum atomic E-state index is 12.6. The zero-order chi connectivity index (χ0) is 15.4. The third kappa shape index (κ3) is 4.82. The number of rotatable bonds is 6. The van der Waals surface area contributed by atoms with Crippen LogP contribution in [0.1, 0.15) is 57.7 Å². The first kappa shape index (κ1) is 17.0. The van der Waals surface area contributed by atoms with Gasteiger partial charge in [0.1, 0.15) is 0 Å². The van der Waals surface area contributed by atoms with Crippen molar-refractivity contribution in [1.29, 1.82) is 0 Å². The predicted molar refractivity (Wildman–Crippen MR) is 76.8 cm³/mol. The van der Waals surface area contributed by atoms with Crippen molar-refractivity contribution in [2.24, 2.45) is 0 Å². The average Bonchev–Trinajstić information content (AvgIpc) is 2.37. The van der Waals surface area contributed by atoms with Crippen LogP contribution in [-0.4, -0.2) is 12.7 Å². The molecule has 0 bridgehead atoms. The van der Waals surface area contributed by atoms with E-state index in [1.54, 1.807) is 0 Å². The summed E-state index contributed by atoms with van der Waals surface area (Å²) in [5.41, 5.74) is 1.90. The van der Waals surface area contributed by atoms with Crippen LogP contribution < -0.4 is 5.32 Å². The minimum absolute atomic E-state index is 0.0518. The van der Waals surface area contributed by atoms with E-state index in [1.807, 2.05) is 31.2 Å². The second-order valence-electron chi connectivity index (χ2n) is 5.79. The highest BCUT2D eigenvalue weighted by molar-refractivity contribution is 5.29. The Hall–Kier alpha value is -1.03. The van der Waals surface area contributed by atoms with Crippen molar-refractivity contribution in [2.45, 2.75) is 58.2 Å². The second kappa shape index (κ2) is 6.61. The van der Waals surface area contributed by atoms with Crippen LogP contribution in [0.5, 0.6) is 0 Å². The molecule has 0 saturated carbocycles. The molecule has 1 unspecified atom stereocenters. The summed E-state index contributed by atoms with van der Waals surface area (Å²) >= 11 is 0. The van der Waals surface area contributed by atoms with Gasteiger partial charge in [-0.15, -0.1) is 0 Å². The molecule has 0 amide bonds. The van der Waals surface area contributed by atoms with Gasteiger partial charge >= 0.3 is 6.18 Å². The Morgan fingerprint density at radius 1 is 1.05 bits per heavy atom. The molecular formula is C16H24F3N. The Labute approximate surface area is 119 Å². The number of halogens is 3. The number of hydrogen-bond acceptors (Lipinski definition) is 1. The van der Waals surface area contributed by atoms with Gasteiger partial charge in [-0.3, -0.25) is 0 Å². The van der Waals surface area contributed by atoms with Crippen LogP contribution in [0.25, 0.3) is 0 Å². The molecule has 1 N–H and O–H groups in total. The lowest BCUT2D eigenvalue weighted by molar-refractivity contribution is -0.140. The lowest BCUT2D eigenvalue weighted by Gasteiger charge is -2.25. The summed E-state index contributed by atoms with van der Waals surface area (Å²) < 4.78 is 37.8. The van der Waals surface area contributed by atoms with Crippen molar-refractivity contribution < 1.29 is 13.2 Å². The van der Waals surface area contributed by atoms with E-state index < -0.39 is 18.6 Å². The maximum absolute atomic E-state index is 12.6. The first-order valence-electron chi connectivity index (χ1n) is 7.10. The van der Waals surface area contributed by atoms with E-state index in [0.29, 0.717) is 12.1 Å². The van der Waals surface area contributed by atoms with Crippen LogP contribution in [0.3, 0.4) is 0 Å². The van der Waals surface area contributed by atoms with Gasteiger partial charge < -0.3 is 5.32 Å². The summed E-state index contributed by atoms with van der Waals surface area (Å²) in [7, 11) is 0. The molecule has 0 spiro atoms. The molecule has 1 rings (SSSR count). The number of hydrogen-bond donors (Lipinski definition) is 1. The average molecular weight is 287 g/mol. The minimum atomic E-state index is -4.16. The largest absolute Gasteiger partial charge is 0.390 e. The van der Waals surface area contributed by atoms with E-state index in [2.05, 4.69) is 26.1 Å². The monoisotopic (exact) mass is 287 g/mol. The lowest BCUT2D eigenvalue weighted by atomic mass is 9.81. The molecule has 0 heterocycles.